The molecule has 0 spiro atoms. The Balaban J connectivity index is 1.97. The average Bonchev–Trinajstić information content (AvgIpc) is 2.17. The van der Waals surface area contributed by atoms with Crippen molar-refractivity contribution in [1.82, 2.24) is 0 Å². The molecule has 7 heavy (non-hydrogen) atoms. The van der Waals surface area contributed by atoms with E-state index in [4.69, 9.17) is 0 Å². The van der Waals surface area contributed by atoms with Gasteiger partial charge in [0, 0.05) is 11.0 Å². The predicted octanol–water partition coefficient (Wildman–Crippen LogP) is 1.86. The molecule has 0 radical (unpaired) electrons. The van der Waals surface area contributed by atoms with E-state index in [1.807, 2.05) is 0 Å². The van der Waals surface area contributed by atoms with Gasteiger partial charge in [-0.3, -0.25) is 0 Å². The molecule has 1 atom stereocenters. The summed E-state index contributed by atoms with van der Waals surface area (Å²) in [6, 6.07) is 0. The molecule has 1 unspecified atom stereocenters. The molecule has 40 valence electrons. The highest BCUT2D eigenvalue weighted by Gasteiger charge is 2.23. The minimum absolute atomic E-state index is 0.917. The Hall–Kier alpha value is 0.415. The van der Waals surface area contributed by atoms with Crippen LogP contribution in [0.3, 0.4) is 0 Å². The molecule has 2 heteroatoms. The molecule has 0 aromatic rings. The minimum atomic E-state index is 0.917. The lowest BCUT2D eigenvalue weighted by Crippen LogP contribution is -2.01. The number of rotatable bonds is 2. The second-order valence-corrected chi connectivity index (χ2v) is 3.92. The zero-order valence-corrected chi connectivity index (χ0v) is 5.79. The van der Waals surface area contributed by atoms with Crippen molar-refractivity contribution >= 4 is 18.5 Å². The third-order valence-corrected chi connectivity index (χ3v) is 2.13. The molecule has 1 rings (SSSR count). The fraction of sp³-hybridized carbons (Fsp3) is 1.00. The average molecular weight is 114 g/mol. The van der Waals surface area contributed by atoms with Crippen LogP contribution in [0.1, 0.15) is 0 Å². The van der Waals surface area contributed by atoms with Crippen LogP contribution in [0.25, 0.3) is 0 Å². The van der Waals surface area contributed by atoms with Crippen molar-refractivity contribution in [3.05, 3.63) is 0 Å². The molecule has 0 aliphatic carbocycles. The van der Waals surface area contributed by atoms with Crippen molar-refractivity contribution in [2.45, 2.75) is 25.2 Å². The second kappa shape index (κ2) is 2.12. The maximum absolute atomic E-state index is 2.29. The van der Waals surface area contributed by atoms with E-state index in [1.54, 1.807) is 0 Å². The van der Waals surface area contributed by atoms with Crippen molar-refractivity contribution in [3.8, 4) is 0 Å². The van der Waals surface area contributed by atoms with Crippen LogP contribution in [0, 0.1) is 0 Å². The number of hydrogen-bond donors (Lipinski definition) is 0. The van der Waals surface area contributed by atoms with E-state index in [-0.39, 0.29) is 0 Å². The van der Waals surface area contributed by atoms with Gasteiger partial charge < -0.3 is 0 Å². The van der Waals surface area contributed by atoms with E-state index in [9.17, 15) is 0 Å². The zero-order chi connectivity index (χ0) is 5.28. The Kier molecular flexibility index (Phi) is 1.68. The van der Waals surface area contributed by atoms with Crippen LogP contribution in [0.5, 0.6) is 0 Å². The highest BCUT2D eigenvalue weighted by atomic mass is 32.2. The highest BCUT2D eigenvalue weighted by molar-refractivity contribution is 8.07. The summed E-state index contributed by atoms with van der Waals surface area (Å²) in [5.74, 6) is 1.43. The van der Waals surface area contributed by atoms with Crippen molar-refractivity contribution in [2.75, 3.05) is 5.75 Å². The summed E-state index contributed by atoms with van der Waals surface area (Å²) in [6.45, 7) is 5.50. The Bertz CT molecular complexity index is 59.1. The molecular formula is C5H11BS. The lowest BCUT2D eigenvalue weighted by Gasteiger charge is -1.92. The van der Waals surface area contributed by atoms with Crippen LogP contribution >= 0.6 is 11.8 Å². The van der Waals surface area contributed by atoms with Gasteiger partial charge in [-0.2, -0.15) is 11.8 Å². The van der Waals surface area contributed by atoms with E-state index in [0.29, 0.717) is 0 Å². The maximum Gasteiger partial charge on any atom is 0.134 e. The number of thioether (sulfide) groups is 1. The second-order valence-electron chi connectivity index (χ2n) is 2.58. The lowest BCUT2D eigenvalue weighted by atomic mass is 9.52. The third-order valence-electron chi connectivity index (χ3n) is 1.14. The molecule has 0 aromatic carbocycles. The molecule has 1 heterocycles. The zero-order valence-electron chi connectivity index (χ0n) is 4.98. The van der Waals surface area contributed by atoms with Gasteiger partial charge in [-0.1, -0.05) is 20.0 Å². The van der Waals surface area contributed by atoms with Crippen LogP contribution < -0.4 is 0 Å². The Morgan fingerprint density at radius 1 is 1.71 bits per heavy atom. The van der Waals surface area contributed by atoms with E-state index in [0.717, 1.165) is 12.0 Å². The van der Waals surface area contributed by atoms with Gasteiger partial charge in [0.1, 0.15) is 6.71 Å². The molecular weight excluding hydrogens is 103 g/mol. The summed E-state index contributed by atoms with van der Waals surface area (Å²) in [7, 11) is 0. The molecule has 0 saturated carbocycles. The quantitative estimate of drug-likeness (QED) is 0.390. The van der Waals surface area contributed by atoms with Crippen molar-refractivity contribution in [3.63, 3.8) is 0 Å². The molecule has 0 aromatic heterocycles. The third kappa shape index (κ3) is 2.27. The first-order valence-corrected chi connectivity index (χ1v) is 3.95. The first kappa shape index (κ1) is 5.55. The molecule has 1 aliphatic rings. The molecule has 0 N–H and O–H groups in total. The van der Waals surface area contributed by atoms with Gasteiger partial charge in [0.25, 0.3) is 0 Å². The van der Waals surface area contributed by atoms with Crippen molar-refractivity contribution in [1.29, 1.82) is 0 Å². The highest BCUT2D eigenvalue weighted by Crippen LogP contribution is 2.34. The molecule has 1 saturated heterocycles. The van der Waals surface area contributed by atoms with E-state index in [2.05, 4.69) is 25.4 Å². The van der Waals surface area contributed by atoms with Crippen molar-refractivity contribution < 1.29 is 0 Å². The van der Waals surface area contributed by atoms with Crippen LogP contribution in [0.2, 0.25) is 20.0 Å². The van der Waals surface area contributed by atoms with E-state index < -0.39 is 0 Å². The van der Waals surface area contributed by atoms with Crippen LogP contribution in [-0.2, 0) is 0 Å². The molecule has 0 amide bonds. The summed E-state index contributed by atoms with van der Waals surface area (Å²) in [5.41, 5.74) is 0. The molecule has 1 fully saturated rings. The van der Waals surface area contributed by atoms with Gasteiger partial charge in [-0.05, 0) is 0 Å². The number of hydrogen-bond acceptors (Lipinski definition) is 1. The van der Waals surface area contributed by atoms with Crippen LogP contribution in [0.15, 0.2) is 0 Å². The Morgan fingerprint density at radius 2 is 2.29 bits per heavy atom. The summed E-state index contributed by atoms with van der Waals surface area (Å²) in [6.07, 6.45) is 1.44. The van der Waals surface area contributed by atoms with E-state index in [1.165, 1.54) is 12.1 Å². The monoisotopic (exact) mass is 114 g/mol. The SMILES string of the molecule is CB(C)CC1CS1. The van der Waals surface area contributed by atoms with Gasteiger partial charge >= 0.3 is 0 Å². The van der Waals surface area contributed by atoms with Gasteiger partial charge in [0.2, 0.25) is 0 Å². The molecule has 1 aliphatic heterocycles. The minimum Gasteiger partial charge on any atom is -0.157 e. The summed E-state index contributed by atoms with van der Waals surface area (Å²) >= 11 is 2.10. The molecule has 0 nitrogen and oxygen atoms in total. The normalized spacial score (nSPS) is 27.4. The predicted molar refractivity (Wildman–Crippen MR) is 38.5 cm³/mol. The Morgan fingerprint density at radius 3 is 2.43 bits per heavy atom. The van der Waals surface area contributed by atoms with Gasteiger partial charge in [0.15, 0.2) is 0 Å². The first-order chi connectivity index (χ1) is 3.29. The standard InChI is InChI=1S/C5H11BS/c1-6(2)3-5-4-7-5/h5H,3-4H2,1-2H3. The van der Waals surface area contributed by atoms with Gasteiger partial charge in [-0.25, -0.2) is 0 Å². The maximum atomic E-state index is 2.29. The Labute approximate surface area is 50.1 Å². The van der Waals surface area contributed by atoms with E-state index >= 15 is 0 Å². The molecule has 0 bridgehead atoms. The van der Waals surface area contributed by atoms with Crippen molar-refractivity contribution in [2.24, 2.45) is 0 Å². The fourth-order valence-corrected chi connectivity index (χ4v) is 1.52. The first-order valence-electron chi connectivity index (χ1n) is 2.90. The fourth-order valence-electron chi connectivity index (χ4n) is 0.730. The summed E-state index contributed by atoms with van der Waals surface area (Å²) < 4.78 is 0. The smallest absolute Gasteiger partial charge is 0.134 e. The lowest BCUT2D eigenvalue weighted by molar-refractivity contribution is 1.21. The van der Waals surface area contributed by atoms with Gasteiger partial charge in [0.05, 0.1) is 0 Å². The summed E-state index contributed by atoms with van der Waals surface area (Å²) in [4.78, 5) is 0. The van der Waals surface area contributed by atoms with Crippen LogP contribution in [-0.4, -0.2) is 17.7 Å². The van der Waals surface area contributed by atoms with Gasteiger partial charge in [-0.15, -0.1) is 0 Å². The van der Waals surface area contributed by atoms with Crippen LogP contribution in [0.4, 0.5) is 0 Å². The topological polar surface area (TPSA) is 0 Å². The largest absolute Gasteiger partial charge is 0.157 e. The summed E-state index contributed by atoms with van der Waals surface area (Å²) in [5, 5.41) is 1.04.